The van der Waals surface area contributed by atoms with Crippen LogP contribution in [-0.2, 0) is 9.59 Å². The molecular weight excluding hydrogens is 364 g/mol. The summed E-state index contributed by atoms with van der Waals surface area (Å²) in [6.45, 7) is 6.46. The number of fused-ring (bicyclic) bond motifs is 1. The molecule has 1 spiro atoms. The van der Waals surface area contributed by atoms with Crippen LogP contribution in [0.15, 0.2) is 24.3 Å². The highest BCUT2D eigenvalue weighted by molar-refractivity contribution is 5.77. The summed E-state index contributed by atoms with van der Waals surface area (Å²) in [5, 5.41) is 3.06. The summed E-state index contributed by atoms with van der Waals surface area (Å²) in [7, 11) is 0. The number of nitrogens with zero attached hydrogens (tertiary/aromatic N) is 1. The van der Waals surface area contributed by atoms with Crippen molar-refractivity contribution in [2.24, 2.45) is 11.8 Å². The van der Waals surface area contributed by atoms with E-state index in [1.807, 2.05) is 23.1 Å². The molecular formula is C24H34N2O3. The van der Waals surface area contributed by atoms with Crippen LogP contribution in [0, 0.1) is 11.8 Å². The van der Waals surface area contributed by atoms with Crippen LogP contribution in [0.2, 0.25) is 0 Å². The van der Waals surface area contributed by atoms with Gasteiger partial charge in [0, 0.05) is 51.2 Å². The molecule has 158 valence electrons. The second-order valence-electron chi connectivity index (χ2n) is 9.65. The normalized spacial score (nSPS) is 22.9. The summed E-state index contributed by atoms with van der Waals surface area (Å²) < 4.78 is 6.52. The maximum Gasteiger partial charge on any atom is 0.222 e. The first-order valence-corrected chi connectivity index (χ1v) is 11.3. The molecule has 3 aliphatic rings. The predicted octanol–water partition coefficient (Wildman–Crippen LogP) is 3.88. The zero-order valence-electron chi connectivity index (χ0n) is 17.8. The highest BCUT2D eigenvalue weighted by Gasteiger charge is 2.44. The first-order chi connectivity index (χ1) is 13.9. The van der Waals surface area contributed by atoms with E-state index in [0.29, 0.717) is 30.7 Å². The lowest BCUT2D eigenvalue weighted by molar-refractivity contribution is -0.135. The summed E-state index contributed by atoms with van der Waals surface area (Å²) in [4.78, 5) is 27.1. The van der Waals surface area contributed by atoms with Crippen molar-refractivity contribution in [2.75, 3.05) is 19.6 Å². The van der Waals surface area contributed by atoms with Gasteiger partial charge in [-0.05, 0) is 42.7 Å². The topological polar surface area (TPSA) is 58.6 Å². The van der Waals surface area contributed by atoms with Crippen LogP contribution < -0.4 is 10.1 Å². The molecule has 0 bridgehead atoms. The third kappa shape index (κ3) is 4.93. The van der Waals surface area contributed by atoms with Crippen LogP contribution in [0.5, 0.6) is 5.75 Å². The maximum atomic E-state index is 12.5. The van der Waals surface area contributed by atoms with Gasteiger partial charge >= 0.3 is 0 Å². The van der Waals surface area contributed by atoms with E-state index in [9.17, 15) is 9.59 Å². The fraction of sp³-hybridized carbons (Fsp3) is 0.667. The van der Waals surface area contributed by atoms with E-state index >= 15 is 0 Å². The van der Waals surface area contributed by atoms with Crippen molar-refractivity contribution >= 4 is 11.8 Å². The van der Waals surface area contributed by atoms with E-state index < -0.39 is 0 Å². The molecule has 1 saturated carbocycles. The minimum atomic E-state index is -0.256. The van der Waals surface area contributed by atoms with E-state index in [1.54, 1.807) is 0 Å². The molecule has 29 heavy (non-hydrogen) atoms. The van der Waals surface area contributed by atoms with Crippen molar-refractivity contribution < 1.29 is 14.3 Å². The Labute approximate surface area is 174 Å². The molecule has 2 aliphatic heterocycles. The second-order valence-corrected chi connectivity index (χ2v) is 9.65. The molecule has 1 aliphatic carbocycles. The van der Waals surface area contributed by atoms with Crippen molar-refractivity contribution in [2.45, 2.75) is 70.3 Å². The quantitative estimate of drug-likeness (QED) is 0.791. The molecule has 2 amide bonds. The zero-order valence-corrected chi connectivity index (χ0v) is 17.8. The molecule has 1 N–H and O–H groups in total. The van der Waals surface area contributed by atoms with E-state index in [-0.39, 0.29) is 17.4 Å². The first-order valence-electron chi connectivity index (χ1n) is 11.3. The Morgan fingerprint density at radius 2 is 1.90 bits per heavy atom. The van der Waals surface area contributed by atoms with Crippen molar-refractivity contribution in [3.8, 4) is 5.75 Å². The molecule has 2 heterocycles. The average molecular weight is 399 g/mol. The lowest BCUT2D eigenvalue weighted by Crippen LogP contribution is -2.52. The van der Waals surface area contributed by atoms with Crippen molar-refractivity contribution in [1.82, 2.24) is 10.2 Å². The number of hydrogen-bond donors (Lipinski definition) is 1. The number of likely N-dealkylation sites (tertiary alicyclic amines) is 1. The smallest absolute Gasteiger partial charge is 0.222 e. The Morgan fingerprint density at radius 3 is 2.59 bits per heavy atom. The summed E-state index contributed by atoms with van der Waals surface area (Å²) in [6.07, 6.45) is 6.19. The van der Waals surface area contributed by atoms with Crippen LogP contribution in [0.25, 0.3) is 0 Å². The molecule has 0 aromatic heterocycles. The van der Waals surface area contributed by atoms with Gasteiger partial charge < -0.3 is 15.0 Å². The fourth-order valence-electron chi connectivity index (χ4n) is 4.71. The number of carbonyl (C=O) groups excluding carboxylic acids is 2. The molecule has 1 aromatic carbocycles. The summed E-state index contributed by atoms with van der Waals surface area (Å²) in [5.41, 5.74) is 0.887. The van der Waals surface area contributed by atoms with Gasteiger partial charge in [0.2, 0.25) is 11.8 Å². The number of piperidine rings is 1. The molecule has 1 saturated heterocycles. The number of benzene rings is 1. The van der Waals surface area contributed by atoms with Crippen molar-refractivity contribution in [1.29, 1.82) is 0 Å². The van der Waals surface area contributed by atoms with E-state index in [1.165, 1.54) is 12.8 Å². The van der Waals surface area contributed by atoms with Gasteiger partial charge in [-0.2, -0.15) is 0 Å². The van der Waals surface area contributed by atoms with Crippen molar-refractivity contribution in [3.63, 3.8) is 0 Å². The summed E-state index contributed by atoms with van der Waals surface area (Å²) in [5.74, 6) is 2.59. The predicted molar refractivity (Wildman–Crippen MR) is 113 cm³/mol. The second kappa shape index (κ2) is 8.37. The van der Waals surface area contributed by atoms with Crippen LogP contribution >= 0.6 is 0 Å². The minimum absolute atomic E-state index is 0.118. The van der Waals surface area contributed by atoms with Crippen molar-refractivity contribution in [3.05, 3.63) is 29.8 Å². The van der Waals surface area contributed by atoms with Gasteiger partial charge in [-0.15, -0.1) is 0 Å². The number of nitrogens with one attached hydrogen (secondary N) is 1. The number of ether oxygens (including phenoxy) is 1. The minimum Gasteiger partial charge on any atom is -0.487 e. The van der Waals surface area contributed by atoms with Crippen LogP contribution in [0.4, 0.5) is 0 Å². The molecule has 5 heteroatoms. The number of hydrogen-bond acceptors (Lipinski definition) is 3. The van der Waals surface area contributed by atoms with Gasteiger partial charge in [0.25, 0.3) is 0 Å². The van der Waals surface area contributed by atoms with Gasteiger partial charge in [0.1, 0.15) is 11.4 Å². The largest absolute Gasteiger partial charge is 0.487 e. The molecule has 2 fully saturated rings. The highest BCUT2D eigenvalue weighted by Crippen LogP contribution is 2.46. The lowest BCUT2D eigenvalue weighted by atomic mass is 9.76. The van der Waals surface area contributed by atoms with Gasteiger partial charge in [0.15, 0.2) is 0 Å². The molecule has 1 atom stereocenters. The Morgan fingerprint density at radius 1 is 1.17 bits per heavy atom. The Kier molecular flexibility index (Phi) is 5.84. The number of carbonyl (C=O) groups is 2. The summed E-state index contributed by atoms with van der Waals surface area (Å²) in [6, 6.07) is 8.15. The third-order valence-electron chi connectivity index (χ3n) is 6.63. The number of amides is 2. The maximum absolute atomic E-state index is 12.5. The van der Waals surface area contributed by atoms with Gasteiger partial charge in [0.05, 0.1) is 0 Å². The third-order valence-corrected chi connectivity index (χ3v) is 6.63. The van der Waals surface area contributed by atoms with Crippen LogP contribution in [0.3, 0.4) is 0 Å². The first kappa shape index (κ1) is 20.2. The molecule has 0 radical (unpaired) electrons. The number of rotatable bonds is 6. The standard InChI is InChI=1S/C24H34N2O3/c1-17(2)16-25-22(27)14-19-15-24(29-21-6-4-3-5-20(19)21)9-11-26(12-10-24)23(28)13-18-7-8-18/h3-6,17-19H,7-16H2,1-2H3,(H,25,27). The summed E-state index contributed by atoms with van der Waals surface area (Å²) >= 11 is 0. The van der Waals surface area contributed by atoms with E-state index in [4.69, 9.17) is 4.74 Å². The van der Waals surface area contributed by atoms with E-state index in [0.717, 1.165) is 50.1 Å². The highest BCUT2D eigenvalue weighted by atomic mass is 16.5. The molecule has 4 rings (SSSR count). The SMILES string of the molecule is CC(C)CNC(=O)CC1CC2(CCN(C(=O)CC3CC3)CC2)Oc2ccccc21. The molecule has 1 unspecified atom stereocenters. The Hall–Kier alpha value is -2.04. The Bertz CT molecular complexity index is 748. The lowest BCUT2D eigenvalue weighted by Gasteiger charge is -2.47. The van der Waals surface area contributed by atoms with E-state index in [2.05, 4.69) is 25.2 Å². The Balaban J connectivity index is 1.42. The monoisotopic (exact) mass is 398 g/mol. The number of para-hydroxylation sites is 1. The molecule has 5 nitrogen and oxygen atoms in total. The van der Waals surface area contributed by atoms with Crippen LogP contribution in [0.1, 0.15) is 70.3 Å². The van der Waals surface area contributed by atoms with Gasteiger partial charge in [-0.3, -0.25) is 9.59 Å². The van der Waals surface area contributed by atoms with Gasteiger partial charge in [-0.25, -0.2) is 0 Å². The molecule has 1 aromatic rings. The van der Waals surface area contributed by atoms with Gasteiger partial charge in [-0.1, -0.05) is 32.0 Å². The zero-order chi connectivity index (χ0) is 20.4. The van der Waals surface area contributed by atoms with Crippen LogP contribution in [-0.4, -0.2) is 41.9 Å². The fourth-order valence-corrected chi connectivity index (χ4v) is 4.71. The average Bonchev–Trinajstić information content (AvgIpc) is 3.51.